The minimum absolute atomic E-state index is 0. The minimum Gasteiger partial charge on any atom is -0.493 e. The van der Waals surface area contributed by atoms with Gasteiger partial charge in [-0.2, -0.15) is 0 Å². The van der Waals surface area contributed by atoms with Crippen molar-refractivity contribution in [1.29, 1.82) is 0 Å². The van der Waals surface area contributed by atoms with Gasteiger partial charge in [0.05, 0.1) is 27.4 Å². The summed E-state index contributed by atoms with van der Waals surface area (Å²) in [6.07, 6.45) is 0.912. The normalized spacial score (nSPS) is 13.8. The van der Waals surface area contributed by atoms with Crippen molar-refractivity contribution in [2.75, 3.05) is 53.6 Å². The van der Waals surface area contributed by atoms with Crippen LogP contribution in [-0.4, -0.2) is 69.4 Å². The lowest BCUT2D eigenvalue weighted by atomic mass is 10.1. The number of methoxy groups -OCH3 is 2. The molecule has 0 aromatic heterocycles. The second-order valence-corrected chi connectivity index (χ2v) is 8.08. The number of benzene rings is 2. The molecule has 0 saturated carbocycles. The number of hydrogen-bond acceptors (Lipinski definition) is 7. The summed E-state index contributed by atoms with van der Waals surface area (Å²) in [5, 5.41) is 0. The molecule has 0 spiro atoms. The van der Waals surface area contributed by atoms with E-state index in [0.29, 0.717) is 43.3 Å². The van der Waals surface area contributed by atoms with Crippen LogP contribution in [0.3, 0.4) is 0 Å². The fourth-order valence-corrected chi connectivity index (χ4v) is 4.03. The van der Waals surface area contributed by atoms with Crippen molar-refractivity contribution >= 4 is 30.8 Å². The van der Waals surface area contributed by atoms with E-state index < -0.39 is 0 Å². The van der Waals surface area contributed by atoms with Crippen LogP contribution in [0.15, 0.2) is 42.5 Å². The number of rotatable bonds is 12. The van der Waals surface area contributed by atoms with Gasteiger partial charge in [0.1, 0.15) is 0 Å². The Kier molecular flexibility index (Phi) is 14.5. The van der Waals surface area contributed by atoms with Gasteiger partial charge in [-0.1, -0.05) is 36.4 Å². The maximum atomic E-state index is 11.6. The van der Waals surface area contributed by atoms with Gasteiger partial charge in [-0.3, -0.25) is 14.6 Å². The first-order valence-corrected chi connectivity index (χ1v) is 11.7. The van der Waals surface area contributed by atoms with Crippen LogP contribution in [0.2, 0.25) is 0 Å². The monoisotopic (exact) mass is 528 g/mol. The van der Waals surface area contributed by atoms with Crippen molar-refractivity contribution in [2.24, 2.45) is 0 Å². The lowest BCUT2D eigenvalue weighted by Crippen LogP contribution is -2.45. The molecule has 1 aliphatic heterocycles. The molecule has 1 aliphatic rings. The molecule has 196 valence electrons. The van der Waals surface area contributed by atoms with Gasteiger partial charge in [0.15, 0.2) is 11.5 Å². The van der Waals surface area contributed by atoms with Gasteiger partial charge in [0.25, 0.3) is 0 Å². The highest BCUT2D eigenvalue weighted by atomic mass is 35.5. The van der Waals surface area contributed by atoms with Crippen molar-refractivity contribution in [3.63, 3.8) is 0 Å². The van der Waals surface area contributed by atoms with E-state index in [1.807, 2.05) is 19.1 Å². The lowest BCUT2D eigenvalue weighted by Gasteiger charge is -2.35. The molecule has 3 rings (SSSR count). The number of halogens is 2. The molecule has 1 fully saturated rings. The summed E-state index contributed by atoms with van der Waals surface area (Å²) in [5.41, 5.74) is 2.41. The average molecular weight is 530 g/mol. The molecule has 0 unspecified atom stereocenters. The zero-order valence-electron chi connectivity index (χ0n) is 20.9. The van der Waals surface area contributed by atoms with E-state index >= 15 is 0 Å². The maximum Gasteiger partial charge on any atom is 0.305 e. The Hall–Kier alpha value is -2.19. The molecule has 9 heteroatoms. The van der Waals surface area contributed by atoms with E-state index in [-0.39, 0.29) is 30.8 Å². The highest BCUT2D eigenvalue weighted by Gasteiger charge is 2.22. The van der Waals surface area contributed by atoms with E-state index in [1.54, 1.807) is 14.2 Å². The predicted octanol–water partition coefficient (Wildman–Crippen LogP) is 4.59. The van der Waals surface area contributed by atoms with E-state index in [1.165, 1.54) is 5.56 Å². The van der Waals surface area contributed by atoms with Crippen LogP contribution in [0.1, 0.15) is 30.9 Å². The van der Waals surface area contributed by atoms with Gasteiger partial charge in [0.2, 0.25) is 5.75 Å². The molecule has 1 heterocycles. The zero-order valence-corrected chi connectivity index (χ0v) is 22.5. The van der Waals surface area contributed by atoms with E-state index in [9.17, 15) is 4.79 Å². The third-order valence-electron chi connectivity index (χ3n) is 5.77. The summed E-state index contributed by atoms with van der Waals surface area (Å²) in [6.45, 7) is 8.39. The Balaban J connectivity index is 0.00000306. The molecule has 35 heavy (non-hydrogen) atoms. The van der Waals surface area contributed by atoms with Gasteiger partial charge in [-0.05, 0) is 25.0 Å². The predicted molar refractivity (Wildman–Crippen MR) is 142 cm³/mol. The van der Waals surface area contributed by atoms with Crippen LogP contribution in [-0.2, 0) is 22.6 Å². The molecule has 0 atom stereocenters. The van der Waals surface area contributed by atoms with Crippen molar-refractivity contribution < 1.29 is 23.7 Å². The summed E-state index contributed by atoms with van der Waals surface area (Å²) in [5.74, 6) is 1.71. The van der Waals surface area contributed by atoms with Gasteiger partial charge in [-0.15, -0.1) is 24.8 Å². The largest absolute Gasteiger partial charge is 0.493 e. The van der Waals surface area contributed by atoms with Crippen molar-refractivity contribution in [2.45, 2.75) is 32.9 Å². The van der Waals surface area contributed by atoms with Gasteiger partial charge in [0, 0.05) is 51.3 Å². The minimum atomic E-state index is -0.202. The second kappa shape index (κ2) is 16.5. The third kappa shape index (κ3) is 9.41. The summed E-state index contributed by atoms with van der Waals surface area (Å²) in [4.78, 5) is 16.5. The first-order valence-electron chi connectivity index (χ1n) is 11.7. The SMILES string of the molecule is CCOC(=O)CCCOc1c(CN2CCN(Cc3ccccc3)CC2)ccc(OC)c1OC.Cl.Cl. The standard InChI is InChI=1S/C26H36N2O5.2ClH/c1-4-32-24(29)11-8-18-33-25-22(12-13-23(30-2)26(25)31-3)20-28-16-14-27(15-17-28)19-21-9-6-5-7-10-21;;/h5-7,9-10,12-13H,4,8,11,14-20H2,1-3H3;2*1H. The average Bonchev–Trinajstić information content (AvgIpc) is 2.84. The number of nitrogens with zero attached hydrogens (tertiary/aromatic N) is 2. The molecule has 0 N–H and O–H groups in total. The van der Waals surface area contributed by atoms with Crippen LogP contribution >= 0.6 is 24.8 Å². The lowest BCUT2D eigenvalue weighted by molar-refractivity contribution is -0.143. The number of hydrogen-bond donors (Lipinski definition) is 0. The summed E-state index contributed by atoms with van der Waals surface area (Å²) < 4.78 is 22.2. The van der Waals surface area contributed by atoms with Crippen LogP contribution < -0.4 is 14.2 Å². The van der Waals surface area contributed by atoms with Crippen LogP contribution in [0, 0.1) is 0 Å². The van der Waals surface area contributed by atoms with E-state index in [0.717, 1.165) is 44.8 Å². The Morgan fingerprint density at radius 3 is 2.11 bits per heavy atom. The van der Waals surface area contributed by atoms with Gasteiger partial charge < -0.3 is 18.9 Å². The van der Waals surface area contributed by atoms with Gasteiger partial charge >= 0.3 is 5.97 Å². The zero-order chi connectivity index (χ0) is 23.5. The molecule has 0 bridgehead atoms. The Morgan fingerprint density at radius 2 is 1.51 bits per heavy atom. The molecule has 0 amide bonds. The Morgan fingerprint density at radius 1 is 0.857 bits per heavy atom. The summed E-state index contributed by atoms with van der Waals surface area (Å²) >= 11 is 0. The molecule has 2 aromatic carbocycles. The van der Waals surface area contributed by atoms with Crippen LogP contribution in [0.4, 0.5) is 0 Å². The number of piperazine rings is 1. The van der Waals surface area contributed by atoms with E-state index in [4.69, 9.17) is 18.9 Å². The Labute approximate surface area is 221 Å². The molecule has 7 nitrogen and oxygen atoms in total. The quantitative estimate of drug-likeness (QED) is 0.295. The maximum absolute atomic E-state index is 11.6. The number of carbonyl (C=O) groups excluding carboxylic acids is 1. The molecule has 2 aromatic rings. The molecule has 0 radical (unpaired) electrons. The molecule has 0 aliphatic carbocycles. The highest BCUT2D eigenvalue weighted by molar-refractivity contribution is 5.85. The fraction of sp³-hybridized carbons (Fsp3) is 0.500. The van der Waals surface area contributed by atoms with Crippen LogP contribution in [0.5, 0.6) is 17.2 Å². The molecule has 1 saturated heterocycles. The summed E-state index contributed by atoms with van der Waals surface area (Å²) in [6, 6.07) is 14.6. The fourth-order valence-electron chi connectivity index (χ4n) is 4.03. The van der Waals surface area contributed by atoms with Crippen molar-refractivity contribution in [1.82, 2.24) is 9.80 Å². The molecular formula is C26H38Cl2N2O5. The smallest absolute Gasteiger partial charge is 0.305 e. The second-order valence-electron chi connectivity index (χ2n) is 8.08. The highest BCUT2D eigenvalue weighted by Crippen LogP contribution is 2.40. The first-order chi connectivity index (χ1) is 16.1. The van der Waals surface area contributed by atoms with Crippen molar-refractivity contribution in [3.05, 3.63) is 53.6 Å². The van der Waals surface area contributed by atoms with Crippen molar-refractivity contribution in [3.8, 4) is 17.2 Å². The topological polar surface area (TPSA) is 60.5 Å². The van der Waals surface area contributed by atoms with Crippen LogP contribution in [0.25, 0.3) is 0 Å². The number of esters is 1. The first kappa shape index (κ1) is 30.8. The molecular weight excluding hydrogens is 491 g/mol. The van der Waals surface area contributed by atoms with Gasteiger partial charge in [-0.25, -0.2) is 0 Å². The Bertz CT molecular complexity index is 878. The van der Waals surface area contributed by atoms with E-state index in [2.05, 4.69) is 40.1 Å². The summed E-state index contributed by atoms with van der Waals surface area (Å²) in [7, 11) is 3.24. The number of carbonyl (C=O) groups is 1. The third-order valence-corrected chi connectivity index (χ3v) is 5.77. The number of ether oxygens (including phenoxy) is 4.